The molecule has 1 N–H and O–H groups in total. The molecular formula is C17H13Cl3N4O2S. The first kappa shape index (κ1) is 19.8. The summed E-state index contributed by atoms with van der Waals surface area (Å²) in [4.78, 5) is 12.3. The average molecular weight is 444 g/mol. The van der Waals surface area contributed by atoms with Gasteiger partial charge in [-0.1, -0.05) is 58.7 Å². The molecule has 140 valence electrons. The van der Waals surface area contributed by atoms with Crippen molar-refractivity contribution in [2.45, 2.75) is 5.16 Å². The van der Waals surface area contributed by atoms with Crippen LogP contribution in [0.1, 0.15) is 0 Å². The van der Waals surface area contributed by atoms with Crippen LogP contribution in [0.2, 0.25) is 15.1 Å². The van der Waals surface area contributed by atoms with Crippen molar-refractivity contribution >= 4 is 58.2 Å². The molecule has 0 saturated heterocycles. The molecule has 0 spiro atoms. The Morgan fingerprint density at radius 3 is 2.70 bits per heavy atom. The van der Waals surface area contributed by atoms with E-state index in [-0.39, 0.29) is 11.7 Å². The van der Waals surface area contributed by atoms with Crippen molar-refractivity contribution in [1.82, 2.24) is 14.8 Å². The van der Waals surface area contributed by atoms with E-state index >= 15 is 0 Å². The minimum atomic E-state index is -0.269. The summed E-state index contributed by atoms with van der Waals surface area (Å²) in [5, 5.41) is 12.2. The second-order valence-electron chi connectivity index (χ2n) is 5.24. The van der Waals surface area contributed by atoms with Gasteiger partial charge in [-0.15, -0.1) is 10.2 Å². The molecule has 2 aromatic carbocycles. The number of carbonyl (C=O) groups is 1. The zero-order chi connectivity index (χ0) is 19.4. The highest BCUT2D eigenvalue weighted by molar-refractivity contribution is 7.99. The van der Waals surface area contributed by atoms with Gasteiger partial charge in [0.25, 0.3) is 0 Å². The standard InChI is InChI=1S/C17H13Cl3N4O2S/c1-26-15-5-3-2-4-14(15)24-9-21-23-17(24)27-8-16(25)22-13-7-11(19)10(18)6-12(13)20/h2-7,9H,8H2,1H3,(H,22,25). The second-order valence-corrected chi connectivity index (χ2v) is 7.40. The Kier molecular flexibility index (Phi) is 6.49. The highest BCUT2D eigenvalue weighted by Gasteiger charge is 2.14. The molecular weight excluding hydrogens is 431 g/mol. The molecule has 0 aliphatic rings. The van der Waals surface area contributed by atoms with Gasteiger partial charge in [-0.2, -0.15) is 0 Å². The van der Waals surface area contributed by atoms with Gasteiger partial charge in [-0.3, -0.25) is 9.36 Å². The first-order valence-corrected chi connectivity index (χ1v) is 9.72. The van der Waals surface area contributed by atoms with E-state index in [1.807, 2.05) is 24.3 Å². The van der Waals surface area contributed by atoms with Gasteiger partial charge in [0.2, 0.25) is 5.91 Å². The Morgan fingerprint density at radius 2 is 1.93 bits per heavy atom. The minimum absolute atomic E-state index is 0.102. The molecule has 0 saturated carbocycles. The van der Waals surface area contributed by atoms with Crippen molar-refractivity contribution < 1.29 is 9.53 Å². The summed E-state index contributed by atoms with van der Waals surface area (Å²) in [7, 11) is 1.59. The fourth-order valence-electron chi connectivity index (χ4n) is 2.25. The number of aromatic nitrogens is 3. The Morgan fingerprint density at radius 1 is 1.19 bits per heavy atom. The number of nitrogens with one attached hydrogen (secondary N) is 1. The maximum atomic E-state index is 12.3. The van der Waals surface area contributed by atoms with Crippen molar-refractivity contribution in [3.05, 3.63) is 57.8 Å². The van der Waals surface area contributed by atoms with E-state index in [4.69, 9.17) is 39.5 Å². The summed E-state index contributed by atoms with van der Waals surface area (Å²) in [5.41, 5.74) is 1.17. The molecule has 0 unspecified atom stereocenters. The third-order valence-corrected chi connectivity index (χ3v) is 5.46. The highest BCUT2D eigenvalue weighted by Crippen LogP contribution is 2.32. The van der Waals surface area contributed by atoms with Crippen LogP contribution < -0.4 is 10.1 Å². The zero-order valence-corrected chi connectivity index (χ0v) is 17.0. The monoisotopic (exact) mass is 442 g/mol. The second kappa shape index (κ2) is 8.84. The van der Waals surface area contributed by atoms with E-state index in [0.29, 0.717) is 31.7 Å². The number of hydrogen-bond donors (Lipinski definition) is 1. The van der Waals surface area contributed by atoms with Gasteiger partial charge in [-0.05, 0) is 24.3 Å². The van der Waals surface area contributed by atoms with Crippen molar-refractivity contribution in [2.75, 3.05) is 18.2 Å². The normalized spacial score (nSPS) is 10.7. The smallest absolute Gasteiger partial charge is 0.234 e. The molecule has 3 rings (SSSR count). The van der Waals surface area contributed by atoms with Crippen LogP contribution in [-0.2, 0) is 4.79 Å². The van der Waals surface area contributed by atoms with E-state index in [9.17, 15) is 4.79 Å². The molecule has 0 atom stereocenters. The summed E-state index contributed by atoms with van der Waals surface area (Å²) in [5.74, 6) is 0.505. The Hall–Kier alpha value is -1.93. The maximum Gasteiger partial charge on any atom is 0.234 e. The maximum absolute atomic E-state index is 12.3. The number of ether oxygens (including phenoxy) is 1. The largest absolute Gasteiger partial charge is 0.495 e. The summed E-state index contributed by atoms with van der Waals surface area (Å²) in [6.07, 6.45) is 1.56. The van der Waals surface area contributed by atoms with Gasteiger partial charge in [0, 0.05) is 0 Å². The van der Waals surface area contributed by atoms with E-state index in [0.717, 1.165) is 5.69 Å². The molecule has 0 aliphatic carbocycles. The number of rotatable bonds is 6. The molecule has 1 aromatic heterocycles. The van der Waals surface area contributed by atoms with E-state index in [1.54, 1.807) is 18.0 Å². The predicted octanol–water partition coefficient (Wildman–Crippen LogP) is 4.97. The van der Waals surface area contributed by atoms with Crippen LogP contribution in [0.5, 0.6) is 5.75 Å². The molecule has 0 bridgehead atoms. The molecule has 1 heterocycles. The molecule has 0 aliphatic heterocycles. The van der Waals surface area contributed by atoms with Crippen molar-refractivity contribution in [2.24, 2.45) is 0 Å². The molecule has 27 heavy (non-hydrogen) atoms. The van der Waals surface area contributed by atoms with Crippen LogP contribution in [0.25, 0.3) is 5.69 Å². The number of thioether (sulfide) groups is 1. The van der Waals surface area contributed by atoms with Gasteiger partial charge in [0.1, 0.15) is 12.1 Å². The van der Waals surface area contributed by atoms with Gasteiger partial charge < -0.3 is 10.1 Å². The van der Waals surface area contributed by atoms with Gasteiger partial charge in [0.05, 0.1) is 39.3 Å². The molecule has 1 amide bonds. The number of anilines is 1. The number of benzene rings is 2. The first-order chi connectivity index (χ1) is 13.0. The number of amides is 1. The number of carbonyl (C=O) groups excluding carboxylic acids is 1. The fraction of sp³-hybridized carbons (Fsp3) is 0.118. The average Bonchev–Trinajstić information content (AvgIpc) is 3.12. The minimum Gasteiger partial charge on any atom is -0.495 e. The van der Waals surface area contributed by atoms with Gasteiger partial charge >= 0.3 is 0 Å². The molecule has 10 heteroatoms. The SMILES string of the molecule is COc1ccccc1-n1cnnc1SCC(=O)Nc1cc(Cl)c(Cl)cc1Cl. The number of nitrogens with zero attached hydrogens (tertiary/aromatic N) is 3. The number of hydrogen-bond acceptors (Lipinski definition) is 5. The summed E-state index contributed by atoms with van der Waals surface area (Å²) < 4.78 is 7.11. The number of para-hydroxylation sites is 2. The topological polar surface area (TPSA) is 69.0 Å². The van der Waals surface area contributed by atoms with Crippen LogP contribution in [-0.4, -0.2) is 33.5 Å². The molecule has 6 nitrogen and oxygen atoms in total. The first-order valence-electron chi connectivity index (χ1n) is 7.60. The lowest BCUT2D eigenvalue weighted by atomic mass is 10.3. The Balaban J connectivity index is 1.70. The van der Waals surface area contributed by atoms with Gasteiger partial charge in [0.15, 0.2) is 5.16 Å². The van der Waals surface area contributed by atoms with Gasteiger partial charge in [-0.25, -0.2) is 0 Å². The van der Waals surface area contributed by atoms with E-state index < -0.39 is 0 Å². The Bertz CT molecular complexity index is 981. The van der Waals surface area contributed by atoms with Crippen LogP contribution in [0, 0.1) is 0 Å². The van der Waals surface area contributed by atoms with E-state index in [2.05, 4.69) is 15.5 Å². The van der Waals surface area contributed by atoms with E-state index in [1.165, 1.54) is 23.9 Å². The summed E-state index contributed by atoms with van der Waals surface area (Å²) in [6, 6.07) is 10.4. The molecule has 0 fully saturated rings. The van der Waals surface area contributed by atoms with Crippen molar-refractivity contribution in [3.8, 4) is 11.4 Å². The quantitative estimate of drug-likeness (QED) is 0.430. The molecule has 3 aromatic rings. The van der Waals surface area contributed by atoms with Crippen molar-refractivity contribution in [3.63, 3.8) is 0 Å². The van der Waals surface area contributed by atoms with Crippen LogP contribution in [0.4, 0.5) is 5.69 Å². The van der Waals surface area contributed by atoms with Crippen LogP contribution in [0.3, 0.4) is 0 Å². The Labute approximate surface area is 174 Å². The lowest BCUT2D eigenvalue weighted by Gasteiger charge is -2.11. The predicted molar refractivity (Wildman–Crippen MR) is 109 cm³/mol. The van der Waals surface area contributed by atoms with Crippen LogP contribution in [0.15, 0.2) is 47.9 Å². The third-order valence-electron chi connectivity index (χ3n) is 3.48. The highest BCUT2D eigenvalue weighted by atomic mass is 35.5. The summed E-state index contributed by atoms with van der Waals surface area (Å²) >= 11 is 19.2. The summed E-state index contributed by atoms with van der Waals surface area (Å²) in [6.45, 7) is 0. The van der Waals surface area contributed by atoms with Crippen molar-refractivity contribution in [1.29, 1.82) is 0 Å². The number of halogens is 3. The lowest BCUT2D eigenvalue weighted by Crippen LogP contribution is -2.15. The molecule has 0 radical (unpaired) electrons. The third kappa shape index (κ3) is 4.68. The number of methoxy groups -OCH3 is 1. The fourth-order valence-corrected chi connectivity index (χ4v) is 3.57. The lowest BCUT2D eigenvalue weighted by molar-refractivity contribution is -0.113. The van der Waals surface area contributed by atoms with Crippen LogP contribution >= 0.6 is 46.6 Å². The zero-order valence-electron chi connectivity index (χ0n) is 13.9.